The van der Waals surface area contributed by atoms with Crippen LogP contribution in [-0.2, 0) is 19.6 Å². The number of methoxy groups -OCH3 is 1. The van der Waals surface area contributed by atoms with Gasteiger partial charge in [-0.05, 0) is 75.6 Å². The Bertz CT molecular complexity index is 1470. The van der Waals surface area contributed by atoms with E-state index >= 15 is 0 Å². The van der Waals surface area contributed by atoms with Crippen molar-refractivity contribution in [3.8, 4) is 11.5 Å². The first kappa shape index (κ1) is 39.0. The zero-order chi connectivity index (χ0) is 35.6. The number of aliphatic hydroxyl groups excluding tert-OH is 1. The van der Waals surface area contributed by atoms with Crippen molar-refractivity contribution in [3.63, 3.8) is 0 Å². The molecule has 1 aliphatic rings. The lowest BCUT2D eigenvalue weighted by Gasteiger charge is -2.35. The van der Waals surface area contributed by atoms with E-state index in [1.54, 1.807) is 19.1 Å². The van der Waals surface area contributed by atoms with Gasteiger partial charge in [0.25, 0.3) is 5.91 Å². The summed E-state index contributed by atoms with van der Waals surface area (Å²) >= 11 is 0. The molecule has 0 aromatic heterocycles. The number of aliphatic hydroxyl groups is 1. The Balaban J connectivity index is 1.93. The third kappa shape index (κ3) is 11.1. The molecule has 2 amide bonds. The van der Waals surface area contributed by atoms with Crippen LogP contribution in [0.25, 0.3) is 0 Å². The van der Waals surface area contributed by atoms with Gasteiger partial charge in [-0.3, -0.25) is 9.59 Å². The molecule has 0 aliphatic carbocycles. The lowest BCUT2D eigenvalue weighted by Crippen LogP contribution is -2.48. The average molecular weight is 702 g/mol. The highest BCUT2D eigenvalue weighted by Crippen LogP contribution is 2.29. The van der Waals surface area contributed by atoms with Crippen LogP contribution in [0.4, 0.5) is 18.9 Å². The van der Waals surface area contributed by atoms with Gasteiger partial charge in [-0.15, -0.1) is 0 Å². The number of nitrogens with zero attached hydrogens (tertiary/aromatic N) is 2. The van der Waals surface area contributed by atoms with E-state index in [-0.39, 0.29) is 41.1 Å². The number of amides is 2. The van der Waals surface area contributed by atoms with Crippen LogP contribution in [0.3, 0.4) is 0 Å². The van der Waals surface area contributed by atoms with Crippen molar-refractivity contribution in [2.45, 2.75) is 82.2 Å². The first-order valence-corrected chi connectivity index (χ1v) is 17.3. The van der Waals surface area contributed by atoms with Gasteiger partial charge in [-0.2, -0.15) is 17.5 Å². The van der Waals surface area contributed by atoms with Crippen LogP contribution in [0, 0.1) is 5.92 Å². The molecule has 2 aromatic carbocycles. The smallest absolute Gasteiger partial charge is 0.389 e. The summed E-state index contributed by atoms with van der Waals surface area (Å²) in [6.07, 6.45) is -5.55. The molecule has 3 rings (SSSR count). The second-order valence-electron chi connectivity index (χ2n) is 12.1. The minimum absolute atomic E-state index is 0.0186. The number of benzene rings is 2. The normalized spacial score (nSPS) is 20.8. The lowest BCUT2D eigenvalue weighted by molar-refractivity contribution is -0.142. The third-order valence-corrected chi connectivity index (χ3v) is 10.0. The van der Waals surface area contributed by atoms with E-state index in [1.165, 1.54) is 53.7 Å². The summed E-state index contributed by atoms with van der Waals surface area (Å²) in [4.78, 5) is 28.0. The summed E-state index contributed by atoms with van der Waals surface area (Å²) in [6, 6.07) is 9.64. The highest BCUT2D eigenvalue weighted by atomic mass is 32.2. The molecule has 15 heteroatoms. The predicted molar refractivity (Wildman–Crippen MR) is 174 cm³/mol. The highest BCUT2D eigenvalue weighted by molar-refractivity contribution is 7.89. The molecule has 0 spiro atoms. The van der Waals surface area contributed by atoms with Crippen molar-refractivity contribution in [3.05, 3.63) is 48.0 Å². The Labute approximate surface area is 280 Å². The SMILES string of the molecule is COc1ccc(S(=O)(=O)N(C)C[C@@H]2OCCCC[C@@H](C)Oc3ccc(NC(=O)CCC(F)(F)F)cc3C(=O)N([C@H](C)CO)C[C@@H]2C)cc1. The monoisotopic (exact) mass is 701 g/mol. The molecule has 11 nitrogen and oxygen atoms in total. The van der Waals surface area contributed by atoms with Crippen LogP contribution in [0.5, 0.6) is 11.5 Å². The van der Waals surface area contributed by atoms with Gasteiger partial charge in [0.1, 0.15) is 11.5 Å². The first-order valence-electron chi connectivity index (χ1n) is 15.9. The Morgan fingerprint density at radius 1 is 1.17 bits per heavy atom. The van der Waals surface area contributed by atoms with Crippen molar-refractivity contribution in [1.82, 2.24) is 9.21 Å². The maximum absolute atomic E-state index is 14.2. The molecule has 1 heterocycles. The molecule has 268 valence electrons. The van der Waals surface area contributed by atoms with Gasteiger partial charge in [0.15, 0.2) is 0 Å². The Morgan fingerprint density at radius 2 is 1.85 bits per heavy atom. The number of fused-ring (bicyclic) bond motifs is 1. The number of anilines is 1. The van der Waals surface area contributed by atoms with Crippen LogP contribution in [0.1, 0.15) is 63.2 Å². The first-order chi connectivity index (χ1) is 22.5. The van der Waals surface area contributed by atoms with Crippen LogP contribution in [0.2, 0.25) is 0 Å². The van der Waals surface area contributed by atoms with Crippen molar-refractivity contribution in [2.75, 3.05) is 45.8 Å². The number of ether oxygens (including phenoxy) is 3. The van der Waals surface area contributed by atoms with E-state index in [0.29, 0.717) is 31.6 Å². The second-order valence-corrected chi connectivity index (χ2v) is 14.2. The fourth-order valence-electron chi connectivity index (χ4n) is 5.22. The molecule has 4 atom stereocenters. The van der Waals surface area contributed by atoms with E-state index in [9.17, 15) is 36.3 Å². The standard InChI is InChI=1S/C33H46F3N3O8S/c1-22-19-39(23(2)21-40)32(42)28-18-25(37-31(41)15-16-33(34,35)36)9-14-29(28)47-24(3)8-6-7-17-46-30(22)20-38(4)48(43,44)27-12-10-26(45-5)11-13-27/h9-14,18,22-24,30,40H,6-8,15-17,19-21H2,1-5H3,(H,37,41)/t22-,23+,24+,30-/m0/s1. The molecule has 0 unspecified atom stereocenters. The van der Waals surface area contributed by atoms with Gasteiger partial charge in [-0.1, -0.05) is 6.92 Å². The van der Waals surface area contributed by atoms with Crippen molar-refractivity contribution in [2.24, 2.45) is 5.92 Å². The third-order valence-electron chi connectivity index (χ3n) is 8.18. The van der Waals surface area contributed by atoms with Gasteiger partial charge in [0, 0.05) is 44.8 Å². The van der Waals surface area contributed by atoms with Crippen LogP contribution < -0.4 is 14.8 Å². The highest BCUT2D eigenvalue weighted by Gasteiger charge is 2.33. The predicted octanol–water partition coefficient (Wildman–Crippen LogP) is 5.09. The number of halogens is 3. The number of likely N-dealkylation sites (N-methyl/N-ethyl adjacent to an activating group) is 1. The number of carbonyl (C=O) groups is 2. The average Bonchev–Trinajstić information content (AvgIpc) is 3.04. The van der Waals surface area contributed by atoms with Crippen LogP contribution in [-0.4, -0.2) is 99.4 Å². The van der Waals surface area contributed by atoms with Gasteiger partial charge >= 0.3 is 6.18 Å². The summed E-state index contributed by atoms with van der Waals surface area (Å²) in [5, 5.41) is 12.6. The van der Waals surface area contributed by atoms with E-state index in [2.05, 4.69) is 5.32 Å². The topological polar surface area (TPSA) is 135 Å². The number of hydrogen-bond donors (Lipinski definition) is 2. The maximum Gasteiger partial charge on any atom is 0.389 e. The van der Waals surface area contributed by atoms with Gasteiger partial charge < -0.3 is 29.5 Å². The summed E-state index contributed by atoms with van der Waals surface area (Å²) in [6.45, 7) is 5.30. The lowest BCUT2D eigenvalue weighted by atomic mass is 10.0. The largest absolute Gasteiger partial charge is 0.497 e. The maximum atomic E-state index is 14.2. The van der Waals surface area contributed by atoms with Crippen molar-refractivity contribution >= 4 is 27.5 Å². The second kappa shape index (κ2) is 17.3. The van der Waals surface area contributed by atoms with E-state index in [4.69, 9.17) is 14.2 Å². The van der Waals surface area contributed by atoms with Crippen LogP contribution in [0.15, 0.2) is 47.4 Å². The molecule has 2 N–H and O–H groups in total. The number of sulfonamides is 1. The van der Waals surface area contributed by atoms with Crippen LogP contribution >= 0.6 is 0 Å². The zero-order valence-electron chi connectivity index (χ0n) is 28.0. The molecule has 0 saturated heterocycles. The molecule has 0 saturated carbocycles. The molecule has 0 bridgehead atoms. The Morgan fingerprint density at radius 3 is 2.48 bits per heavy atom. The van der Waals surface area contributed by atoms with Crippen molar-refractivity contribution in [1.29, 1.82) is 0 Å². The molecule has 1 aliphatic heterocycles. The number of carbonyl (C=O) groups excluding carboxylic acids is 2. The summed E-state index contributed by atoms with van der Waals surface area (Å²) in [5.41, 5.74) is 0.166. The molecular weight excluding hydrogens is 655 g/mol. The van der Waals surface area contributed by atoms with E-state index < -0.39 is 65.5 Å². The van der Waals surface area contributed by atoms with E-state index in [0.717, 1.165) is 0 Å². The minimum atomic E-state index is -4.50. The van der Waals surface area contributed by atoms with Crippen molar-refractivity contribution < 1.29 is 50.5 Å². The molecule has 48 heavy (non-hydrogen) atoms. The fraction of sp³-hybridized carbons (Fsp3) is 0.576. The van der Waals surface area contributed by atoms with Gasteiger partial charge in [-0.25, -0.2) is 8.42 Å². The fourth-order valence-corrected chi connectivity index (χ4v) is 6.40. The number of nitrogens with one attached hydrogen (secondary N) is 1. The van der Waals surface area contributed by atoms with E-state index in [1.807, 2.05) is 13.8 Å². The summed E-state index contributed by atoms with van der Waals surface area (Å²) in [7, 11) is -0.960. The Hall–Kier alpha value is -3.40. The minimum Gasteiger partial charge on any atom is -0.497 e. The molecule has 0 fully saturated rings. The number of alkyl halides is 3. The van der Waals surface area contributed by atoms with Gasteiger partial charge in [0.2, 0.25) is 15.9 Å². The summed E-state index contributed by atoms with van der Waals surface area (Å²) < 4.78 is 83.6. The number of rotatable bonds is 10. The molecule has 0 radical (unpaired) electrons. The molecule has 2 aromatic rings. The number of hydrogen-bond acceptors (Lipinski definition) is 8. The Kier molecular flexibility index (Phi) is 14.1. The zero-order valence-corrected chi connectivity index (χ0v) is 28.8. The molecular formula is C33H46F3N3O8S. The summed E-state index contributed by atoms with van der Waals surface area (Å²) in [5.74, 6) is -1.10. The van der Waals surface area contributed by atoms with Gasteiger partial charge in [0.05, 0.1) is 48.8 Å². The quantitative estimate of drug-likeness (QED) is 0.350.